The standard InChI is InChI=1S/C46H80N/c1-3-5-7-9-11-13-15-17-19-21-23-25-27-32-38-45-40-42-47(41-34-37-44-35-30-29-31-36-44)43-46(45)39-33-28-26-24-22-20-18-16-14-12-10-8-6-4-2/h29-31,35-36,40,42-43H,3-28,32-34,37-39,41H2,1-2H3/q+1. The number of hydrogen-bond acceptors (Lipinski definition) is 0. The lowest BCUT2D eigenvalue weighted by Gasteiger charge is -2.10. The molecule has 0 aliphatic carbocycles. The van der Waals surface area contributed by atoms with Gasteiger partial charge >= 0.3 is 0 Å². The van der Waals surface area contributed by atoms with Gasteiger partial charge in [-0.2, -0.15) is 0 Å². The van der Waals surface area contributed by atoms with E-state index in [1.54, 1.807) is 11.1 Å². The van der Waals surface area contributed by atoms with Crippen molar-refractivity contribution >= 4 is 0 Å². The second-order valence-corrected chi connectivity index (χ2v) is 15.0. The molecule has 1 aromatic heterocycles. The van der Waals surface area contributed by atoms with Crippen LogP contribution in [0.15, 0.2) is 48.8 Å². The second kappa shape index (κ2) is 31.6. The van der Waals surface area contributed by atoms with Gasteiger partial charge in [-0.15, -0.1) is 0 Å². The highest BCUT2D eigenvalue weighted by molar-refractivity contribution is 5.21. The van der Waals surface area contributed by atoms with Crippen LogP contribution in [0.2, 0.25) is 0 Å². The molecule has 0 saturated heterocycles. The van der Waals surface area contributed by atoms with Crippen LogP contribution in [0.1, 0.15) is 217 Å². The molecule has 0 unspecified atom stereocenters. The largest absolute Gasteiger partial charge is 0.205 e. The zero-order chi connectivity index (χ0) is 33.3. The molecule has 0 bridgehead atoms. The molecule has 0 atom stereocenters. The molecule has 1 heterocycles. The van der Waals surface area contributed by atoms with Crippen LogP contribution in [0.4, 0.5) is 0 Å². The molecule has 0 fully saturated rings. The van der Waals surface area contributed by atoms with E-state index in [0.29, 0.717) is 0 Å². The van der Waals surface area contributed by atoms with Gasteiger partial charge in [0.05, 0.1) is 0 Å². The molecular weight excluding hydrogens is 567 g/mol. The van der Waals surface area contributed by atoms with Crippen molar-refractivity contribution < 1.29 is 4.57 Å². The normalized spacial score (nSPS) is 11.4. The van der Waals surface area contributed by atoms with Gasteiger partial charge < -0.3 is 0 Å². The fraction of sp³-hybridized carbons (Fsp3) is 0.761. The van der Waals surface area contributed by atoms with Crippen molar-refractivity contribution in [3.8, 4) is 0 Å². The van der Waals surface area contributed by atoms with Gasteiger partial charge in [0.1, 0.15) is 6.54 Å². The first-order valence-electron chi connectivity index (χ1n) is 21.4. The number of unbranched alkanes of at least 4 members (excludes halogenated alkanes) is 26. The summed E-state index contributed by atoms with van der Waals surface area (Å²) >= 11 is 0. The minimum atomic E-state index is 1.12. The highest BCUT2D eigenvalue weighted by Crippen LogP contribution is 2.18. The number of rotatable bonds is 34. The van der Waals surface area contributed by atoms with Crippen molar-refractivity contribution in [2.24, 2.45) is 0 Å². The molecule has 0 aliphatic rings. The van der Waals surface area contributed by atoms with Crippen LogP contribution in [0.3, 0.4) is 0 Å². The van der Waals surface area contributed by atoms with E-state index >= 15 is 0 Å². The van der Waals surface area contributed by atoms with Crippen LogP contribution in [-0.2, 0) is 25.8 Å². The predicted molar refractivity (Wildman–Crippen MR) is 209 cm³/mol. The van der Waals surface area contributed by atoms with Crippen LogP contribution in [0.25, 0.3) is 0 Å². The first-order valence-corrected chi connectivity index (χ1v) is 21.4. The number of benzene rings is 1. The van der Waals surface area contributed by atoms with Crippen molar-refractivity contribution in [3.05, 3.63) is 65.5 Å². The van der Waals surface area contributed by atoms with Gasteiger partial charge in [-0.3, -0.25) is 0 Å². The number of aryl methyl sites for hydroxylation is 4. The highest BCUT2D eigenvalue weighted by atomic mass is 14.9. The van der Waals surface area contributed by atoms with E-state index in [9.17, 15) is 0 Å². The van der Waals surface area contributed by atoms with Gasteiger partial charge in [0.25, 0.3) is 0 Å². The summed E-state index contributed by atoms with van der Waals surface area (Å²) in [7, 11) is 0. The quantitative estimate of drug-likeness (QED) is 0.0526. The van der Waals surface area contributed by atoms with Crippen LogP contribution in [0, 0.1) is 0 Å². The molecular formula is C46H80N+. The number of hydrogen-bond donors (Lipinski definition) is 0. The van der Waals surface area contributed by atoms with Gasteiger partial charge in [0.15, 0.2) is 12.4 Å². The molecule has 1 aromatic carbocycles. The maximum Gasteiger partial charge on any atom is 0.172 e. The third-order valence-corrected chi connectivity index (χ3v) is 10.5. The van der Waals surface area contributed by atoms with E-state index in [2.05, 4.69) is 67.2 Å². The number of pyridine rings is 1. The molecule has 47 heavy (non-hydrogen) atoms. The third kappa shape index (κ3) is 24.2. The second-order valence-electron chi connectivity index (χ2n) is 15.0. The summed E-state index contributed by atoms with van der Waals surface area (Å²) in [6.07, 6.45) is 50.1. The van der Waals surface area contributed by atoms with Crippen molar-refractivity contribution in [1.82, 2.24) is 0 Å². The zero-order valence-corrected chi connectivity index (χ0v) is 31.9. The van der Waals surface area contributed by atoms with E-state index in [0.717, 1.165) is 6.54 Å². The van der Waals surface area contributed by atoms with Crippen LogP contribution < -0.4 is 4.57 Å². The van der Waals surface area contributed by atoms with Crippen LogP contribution in [-0.4, -0.2) is 0 Å². The minimum Gasteiger partial charge on any atom is -0.205 e. The van der Waals surface area contributed by atoms with E-state index in [1.807, 2.05) is 0 Å². The Kier molecular flexibility index (Phi) is 28.0. The van der Waals surface area contributed by atoms with Crippen LogP contribution in [0.5, 0.6) is 0 Å². The van der Waals surface area contributed by atoms with Gasteiger partial charge in [-0.1, -0.05) is 211 Å². The summed E-state index contributed by atoms with van der Waals surface area (Å²) in [5, 5.41) is 0. The molecule has 0 saturated carbocycles. The van der Waals surface area contributed by atoms with Gasteiger partial charge in [-0.25, -0.2) is 4.57 Å². The Balaban J connectivity index is 1.62. The predicted octanol–water partition coefficient (Wildman–Crippen LogP) is 14.7. The van der Waals surface area contributed by atoms with Gasteiger partial charge in [0.2, 0.25) is 0 Å². The Bertz CT molecular complexity index is 918. The van der Waals surface area contributed by atoms with E-state index in [-0.39, 0.29) is 0 Å². The summed E-state index contributed by atoms with van der Waals surface area (Å²) < 4.78 is 2.48. The molecule has 2 aromatic rings. The molecule has 0 radical (unpaired) electrons. The van der Waals surface area contributed by atoms with Gasteiger partial charge in [-0.05, 0) is 43.2 Å². The lowest BCUT2D eigenvalue weighted by Crippen LogP contribution is -2.34. The fourth-order valence-electron chi connectivity index (χ4n) is 7.36. The molecule has 2 rings (SSSR count). The first-order chi connectivity index (χ1) is 23.3. The van der Waals surface area contributed by atoms with Crippen molar-refractivity contribution in [2.75, 3.05) is 0 Å². The molecule has 1 heteroatoms. The molecule has 0 amide bonds. The average Bonchev–Trinajstić information content (AvgIpc) is 3.09. The summed E-state index contributed by atoms with van der Waals surface area (Å²) in [6.45, 7) is 5.75. The fourth-order valence-corrected chi connectivity index (χ4v) is 7.36. The maximum atomic E-state index is 2.52. The Hall–Kier alpha value is -1.63. The number of aromatic nitrogens is 1. The topological polar surface area (TPSA) is 3.88 Å². The summed E-state index contributed by atoms with van der Waals surface area (Å²) in [4.78, 5) is 0. The lowest BCUT2D eigenvalue weighted by atomic mass is 9.97. The smallest absolute Gasteiger partial charge is 0.172 e. The van der Waals surface area contributed by atoms with Crippen molar-refractivity contribution in [2.45, 2.75) is 226 Å². The third-order valence-electron chi connectivity index (χ3n) is 10.5. The average molecular weight is 647 g/mol. The zero-order valence-electron chi connectivity index (χ0n) is 31.9. The maximum absolute atomic E-state index is 2.52. The highest BCUT2D eigenvalue weighted by Gasteiger charge is 2.10. The van der Waals surface area contributed by atoms with Gasteiger partial charge in [0, 0.05) is 18.1 Å². The monoisotopic (exact) mass is 647 g/mol. The first kappa shape index (κ1) is 41.5. The summed E-state index contributed by atoms with van der Waals surface area (Å²) in [6, 6.07) is 13.5. The molecule has 268 valence electrons. The van der Waals surface area contributed by atoms with Crippen molar-refractivity contribution in [1.29, 1.82) is 0 Å². The van der Waals surface area contributed by atoms with Crippen molar-refractivity contribution in [3.63, 3.8) is 0 Å². The van der Waals surface area contributed by atoms with E-state index in [1.165, 1.54) is 211 Å². The number of nitrogens with zero attached hydrogens (tertiary/aromatic N) is 1. The Morgan fingerprint density at radius 1 is 0.362 bits per heavy atom. The molecule has 1 nitrogen and oxygen atoms in total. The Labute approximate surface area is 295 Å². The Morgan fingerprint density at radius 3 is 1.17 bits per heavy atom. The minimum absolute atomic E-state index is 1.12. The Morgan fingerprint density at radius 2 is 0.745 bits per heavy atom. The molecule has 0 spiro atoms. The SMILES string of the molecule is CCCCCCCCCCCCCCCCc1cc[n+](CCCc2ccccc2)cc1CCCCCCCCCCCCCCCC. The summed E-state index contributed by atoms with van der Waals surface area (Å²) in [5.74, 6) is 0. The lowest BCUT2D eigenvalue weighted by molar-refractivity contribution is -0.697. The molecule has 0 N–H and O–H groups in total. The summed E-state index contributed by atoms with van der Waals surface area (Å²) in [5.41, 5.74) is 4.74. The van der Waals surface area contributed by atoms with Crippen LogP contribution >= 0.6 is 0 Å². The van der Waals surface area contributed by atoms with E-state index in [4.69, 9.17) is 0 Å². The van der Waals surface area contributed by atoms with E-state index < -0.39 is 0 Å². The molecule has 0 aliphatic heterocycles.